The third-order valence-corrected chi connectivity index (χ3v) is 3.10. The summed E-state index contributed by atoms with van der Waals surface area (Å²) in [6.45, 7) is 4.01. The van der Waals surface area contributed by atoms with Gasteiger partial charge in [0.2, 0.25) is 5.91 Å². The Morgan fingerprint density at radius 3 is 2.56 bits per heavy atom. The number of rotatable bonds is 4. The molecule has 1 aromatic carbocycles. The van der Waals surface area contributed by atoms with Crippen molar-refractivity contribution >= 4 is 5.91 Å². The Morgan fingerprint density at radius 1 is 1.44 bits per heavy atom. The lowest BCUT2D eigenvalue weighted by Crippen LogP contribution is -2.30. The van der Waals surface area contributed by atoms with Gasteiger partial charge in [-0.2, -0.15) is 0 Å². The molecule has 0 heterocycles. The molecule has 16 heavy (non-hydrogen) atoms. The van der Waals surface area contributed by atoms with Crippen LogP contribution in [0.15, 0.2) is 36.9 Å². The highest BCUT2D eigenvalue weighted by molar-refractivity contribution is 5.86. The molecule has 0 atom stereocenters. The van der Waals surface area contributed by atoms with Crippen molar-refractivity contribution in [2.45, 2.75) is 18.3 Å². The minimum Gasteiger partial charge on any atom is -0.352 e. The second-order valence-electron chi connectivity index (χ2n) is 4.21. The van der Waals surface area contributed by atoms with Gasteiger partial charge in [-0.15, -0.1) is 0 Å². The van der Waals surface area contributed by atoms with Crippen molar-refractivity contribution in [1.29, 1.82) is 0 Å². The van der Waals surface area contributed by atoms with Gasteiger partial charge in [-0.25, -0.2) is 4.39 Å². The maximum absolute atomic E-state index is 12.8. The lowest BCUT2D eigenvalue weighted by molar-refractivity contribution is -0.116. The average Bonchev–Trinajstić information content (AvgIpc) is 3.08. The third-order valence-electron chi connectivity index (χ3n) is 3.10. The fraction of sp³-hybridized carbons (Fsp3) is 0.308. The molecular formula is C13H14FNO. The highest BCUT2D eigenvalue weighted by Gasteiger charge is 2.44. The number of nitrogens with one attached hydrogen (secondary N) is 1. The quantitative estimate of drug-likeness (QED) is 0.772. The van der Waals surface area contributed by atoms with Gasteiger partial charge in [0.25, 0.3) is 0 Å². The molecule has 0 aromatic heterocycles. The van der Waals surface area contributed by atoms with E-state index in [1.165, 1.54) is 18.2 Å². The summed E-state index contributed by atoms with van der Waals surface area (Å²) < 4.78 is 12.8. The fourth-order valence-corrected chi connectivity index (χ4v) is 1.85. The van der Waals surface area contributed by atoms with Crippen LogP contribution in [0.1, 0.15) is 18.4 Å². The molecule has 1 amide bonds. The zero-order chi connectivity index (χ0) is 11.6. The molecule has 84 valence electrons. The van der Waals surface area contributed by atoms with Crippen LogP contribution in [-0.2, 0) is 10.2 Å². The second kappa shape index (κ2) is 4.08. The first-order valence-electron chi connectivity index (χ1n) is 5.33. The Labute approximate surface area is 94.2 Å². The van der Waals surface area contributed by atoms with Gasteiger partial charge in [0, 0.05) is 12.0 Å². The molecule has 0 radical (unpaired) electrons. The third kappa shape index (κ3) is 2.13. The summed E-state index contributed by atoms with van der Waals surface area (Å²) in [6.07, 6.45) is 3.34. The number of carbonyl (C=O) groups excluding carboxylic acids is 1. The molecule has 3 heteroatoms. The topological polar surface area (TPSA) is 29.1 Å². The summed E-state index contributed by atoms with van der Waals surface area (Å²) in [4.78, 5) is 11.1. The molecule has 0 aliphatic heterocycles. The van der Waals surface area contributed by atoms with Crippen molar-refractivity contribution in [3.8, 4) is 0 Å². The first-order chi connectivity index (χ1) is 7.66. The van der Waals surface area contributed by atoms with Gasteiger partial charge < -0.3 is 5.32 Å². The summed E-state index contributed by atoms with van der Waals surface area (Å²) in [5.41, 5.74) is 1.12. The summed E-state index contributed by atoms with van der Waals surface area (Å²) >= 11 is 0. The number of hydrogen-bond acceptors (Lipinski definition) is 1. The van der Waals surface area contributed by atoms with E-state index >= 15 is 0 Å². The van der Waals surface area contributed by atoms with Crippen LogP contribution in [0.4, 0.5) is 4.39 Å². The van der Waals surface area contributed by atoms with Crippen molar-refractivity contribution in [2.24, 2.45) is 0 Å². The maximum Gasteiger partial charge on any atom is 0.243 e. The van der Waals surface area contributed by atoms with E-state index in [2.05, 4.69) is 11.9 Å². The summed E-state index contributed by atoms with van der Waals surface area (Å²) in [5, 5.41) is 2.80. The lowest BCUT2D eigenvalue weighted by Gasteiger charge is -2.15. The van der Waals surface area contributed by atoms with Crippen LogP contribution in [-0.4, -0.2) is 12.5 Å². The second-order valence-corrected chi connectivity index (χ2v) is 4.21. The summed E-state index contributed by atoms with van der Waals surface area (Å²) in [6, 6.07) is 6.51. The van der Waals surface area contributed by atoms with Gasteiger partial charge in [0.05, 0.1) is 0 Å². The van der Waals surface area contributed by atoms with E-state index in [1.807, 2.05) is 0 Å². The van der Waals surface area contributed by atoms with E-state index < -0.39 is 0 Å². The van der Waals surface area contributed by atoms with Crippen LogP contribution >= 0.6 is 0 Å². The molecule has 1 N–H and O–H groups in total. The Kier molecular flexibility index (Phi) is 2.77. The number of hydrogen-bond donors (Lipinski definition) is 1. The number of amides is 1. The van der Waals surface area contributed by atoms with E-state index in [9.17, 15) is 9.18 Å². The smallest absolute Gasteiger partial charge is 0.243 e. The zero-order valence-electron chi connectivity index (χ0n) is 9.00. The van der Waals surface area contributed by atoms with Crippen molar-refractivity contribution in [3.63, 3.8) is 0 Å². The van der Waals surface area contributed by atoms with E-state index in [0.717, 1.165) is 18.4 Å². The maximum atomic E-state index is 12.8. The SMILES string of the molecule is C=CC(=O)NCC1(c2ccc(F)cc2)CC1. The minimum absolute atomic E-state index is 0.0202. The molecule has 2 nitrogen and oxygen atoms in total. The Morgan fingerprint density at radius 2 is 2.06 bits per heavy atom. The molecule has 0 spiro atoms. The first kappa shape index (κ1) is 10.9. The van der Waals surface area contributed by atoms with Crippen LogP contribution in [0.3, 0.4) is 0 Å². The standard InChI is InChI=1S/C13H14FNO/c1-2-12(16)15-9-13(7-8-13)10-3-5-11(14)6-4-10/h2-6H,1,7-9H2,(H,15,16). The molecular weight excluding hydrogens is 205 g/mol. The molecule has 1 aliphatic rings. The Balaban J connectivity index is 2.05. The lowest BCUT2D eigenvalue weighted by atomic mass is 9.96. The summed E-state index contributed by atoms with van der Waals surface area (Å²) in [5.74, 6) is -0.386. The Bertz CT molecular complexity index is 406. The van der Waals surface area contributed by atoms with Crippen LogP contribution < -0.4 is 5.32 Å². The van der Waals surface area contributed by atoms with Gasteiger partial charge >= 0.3 is 0 Å². The van der Waals surface area contributed by atoms with Gasteiger partial charge in [-0.3, -0.25) is 4.79 Å². The number of benzene rings is 1. The van der Waals surface area contributed by atoms with Crippen molar-refractivity contribution in [2.75, 3.05) is 6.54 Å². The van der Waals surface area contributed by atoms with Crippen LogP contribution in [0, 0.1) is 5.82 Å². The van der Waals surface area contributed by atoms with Crippen LogP contribution in [0.25, 0.3) is 0 Å². The number of carbonyl (C=O) groups is 1. The predicted molar refractivity (Wildman–Crippen MR) is 60.5 cm³/mol. The normalized spacial score (nSPS) is 16.6. The van der Waals surface area contributed by atoms with Crippen molar-refractivity contribution in [3.05, 3.63) is 48.3 Å². The molecule has 0 bridgehead atoms. The monoisotopic (exact) mass is 219 g/mol. The molecule has 1 aliphatic carbocycles. The predicted octanol–water partition coefficient (Wildman–Crippen LogP) is 2.16. The fourth-order valence-electron chi connectivity index (χ4n) is 1.85. The molecule has 1 saturated carbocycles. The Hall–Kier alpha value is -1.64. The molecule has 0 saturated heterocycles. The highest BCUT2D eigenvalue weighted by Crippen LogP contribution is 2.47. The van der Waals surface area contributed by atoms with Gasteiger partial charge in [0.1, 0.15) is 5.82 Å². The first-order valence-corrected chi connectivity index (χ1v) is 5.33. The summed E-state index contributed by atoms with van der Waals surface area (Å²) in [7, 11) is 0. The minimum atomic E-state index is -0.227. The van der Waals surface area contributed by atoms with E-state index in [0.29, 0.717) is 6.54 Å². The zero-order valence-corrected chi connectivity index (χ0v) is 9.00. The van der Waals surface area contributed by atoms with Gasteiger partial charge in [-0.05, 0) is 36.6 Å². The van der Waals surface area contributed by atoms with E-state index in [1.54, 1.807) is 12.1 Å². The van der Waals surface area contributed by atoms with Crippen LogP contribution in [0.2, 0.25) is 0 Å². The molecule has 1 fully saturated rings. The molecule has 0 unspecified atom stereocenters. The van der Waals surface area contributed by atoms with E-state index in [-0.39, 0.29) is 17.1 Å². The van der Waals surface area contributed by atoms with Crippen molar-refractivity contribution in [1.82, 2.24) is 5.32 Å². The number of halogens is 1. The van der Waals surface area contributed by atoms with E-state index in [4.69, 9.17) is 0 Å². The van der Waals surface area contributed by atoms with Gasteiger partial charge in [0.15, 0.2) is 0 Å². The van der Waals surface area contributed by atoms with Crippen LogP contribution in [0.5, 0.6) is 0 Å². The highest BCUT2D eigenvalue weighted by atomic mass is 19.1. The molecule has 2 rings (SSSR count). The van der Waals surface area contributed by atoms with Gasteiger partial charge in [-0.1, -0.05) is 18.7 Å². The largest absolute Gasteiger partial charge is 0.352 e. The molecule has 1 aromatic rings. The van der Waals surface area contributed by atoms with Crippen molar-refractivity contribution < 1.29 is 9.18 Å². The average molecular weight is 219 g/mol.